The molecule has 114 valence electrons. The Morgan fingerprint density at radius 1 is 1.33 bits per heavy atom. The van der Waals surface area contributed by atoms with Crippen molar-refractivity contribution >= 4 is 21.6 Å². The topological polar surface area (TPSA) is 70.0 Å². The molecule has 0 aromatic heterocycles. The van der Waals surface area contributed by atoms with Crippen LogP contribution in [0.5, 0.6) is 0 Å². The third kappa shape index (κ3) is 3.76. The second-order valence-corrected chi connectivity index (χ2v) is 7.72. The van der Waals surface area contributed by atoms with Crippen molar-refractivity contribution in [3.05, 3.63) is 29.3 Å². The van der Waals surface area contributed by atoms with Crippen LogP contribution in [0.15, 0.2) is 29.2 Å². The van der Waals surface area contributed by atoms with Crippen molar-refractivity contribution in [1.82, 2.24) is 4.72 Å². The summed E-state index contributed by atoms with van der Waals surface area (Å²) in [5, 5.41) is 9.94. The molecule has 0 bridgehead atoms. The molecule has 0 amide bonds. The molecule has 1 saturated carbocycles. The molecular weight excluding hydrogens is 308 g/mol. The van der Waals surface area contributed by atoms with Crippen LogP contribution in [0.2, 0.25) is 5.02 Å². The number of hydrogen-bond acceptors (Lipinski definition) is 3. The molecule has 6 heteroatoms. The van der Waals surface area contributed by atoms with Crippen LogP contribution in [0.25, 0.3) is 0 Å². The summed E-state index contributed by atoms with van der Waals surface area (Å²) in [7, 11) is -3.70. The van der Waals surface area contributed by atoms with Gasteiger partial charge < -0.3 is 0 Å². The number of rotatable bonds is 4. The van der Waals surface area contributed by atoms with E-state index in [-0.39, 0.29) is 4.90 Å². The van der Waals surface area contributed by atoms with Gasteiger partial charge in [-0.3, -0.25) is 0 Å². The molecule has 1 aromatic rings. The molecular formula is C15H19ClN2O2S. The van der Waals surface area contributed by atoms with Crippen LogP contribution in [0.3, 0.4) is 0 Å². The highest BCUT2D eigenvalue weighted by Gasteiger charge is 2.38. The fourth-order valence-electron chi connectivity index (χ4n) is 2.75. The van der Waals surface area contributed by atoms with E-state index in [1.165, 1.54) is 24.3 Å². The highest BCUT2D eigenvalue weighted by atomic mass is 35.5. The van der Waals surface area contributed by atoms with Gasteiger partial charge in [0, 0.05) is 5.02 Å². The maximum Gasteiger partial charge on any atom is 0.241 e. The molecule has 1 aromatic carbocycles. The van der Waals surface area contributed by atoms with Gasteiger partial charge in [-0.2, -0.15) is 9.98 Å². The van der Waals surface area contributed by atoms with E-state index in [2.05, 4.69) is 17.7 Å². The molecule has 21 heavy (non-hydrogen) atoms. The predicted octanol–water partition coefficient (Wildman–Crippen LogP) is 3.48. The minimum Gasteiger partial charge on any atom is -0.207 e. The molecule has 0 radical (unpaired) electrons. The van der Waals surface area contributed by atoms with Crippen molar-refractivity contribution in [1.29, 1.82) is 5.26 Å². The van der Waals surface area contributed by atoms with E-state index in [1.807, 2.05) is 0 Å². The summed E-state index contributed by atoms with van der Waals surface area (Å²) in [6, 6.07) is 8.15. The van der Waals surface area contributed by atoms with E-state index in [1.54, 1.807) is 0 Å². The number of nitrogens with zero attached hydrogens (tertiary/aromatic N) is 1. The smallest absolute Gasteiger partial charge is 0.207 e. The Bertz CT molecular complexity index is 627. The summed E-state index contributed by atoms with van der Waals surface area (Å²) in [6.07, 6.45) is 3.97. The van der Waals surface area contributed by atoms with Gasteiger partial charge in [-0.05, 0) is 55.9 Å². The van der Waals surface area contributed by atoms with E-state index in [9.17, 15) is 13.7 Å². The Labute approximate surface area is 131 Å². The summed E-state index contributed by atoms with van der Waals surface area (Å²) in [5.41, 5.74) is -0.982. The van der Waals surface area contributed by atoms with Crippen molar-refractivity contribution in [3.8, 4) is 6.07 Å². The number of benzene rings is 1. The summed E-state index contributed by atoms with van der Waals surface area (Å²) in [4.78, 5) is 0.138. The minimum atomic E-state index is -3.70. The molecule has 0 saturated heterocycles. The Morgan fingerprint density at radius 2 is 1.90 bits per heavy atom. The highest BCUT2D eigenvalue weighted by molar-refractivity contribution is 7.89. The highest BCUT2D eigenvalue weighted by Crippen LogP contribution is 2.34. The molecule has 0 spiro atoms. The number of nitrogens with one attached hydrogen (secondary N) is 1. The van der Waals surface area contributed by atoms with Crippen LogP contribution < -0.4 is 4.72 Å². The van der Waals surface area contributed by atoms with E-state index in [0.717, 1.165) is 19.3 Å². The van der Waals surface area contributed by atoms with Gasteiger partial charge in [-0.25, -0.2) is 8.42 Å². The third-order valence-electron chi connectivity index (χ3n) is 4.20. The van der Waals surface area contributed by atoms with E-state index >= 15 is 0 Å². The van der Waals surface area contributed by atoms with Gasteiger partial charge in [0.1, 0.15) is 5.54 Å². The van der Waals surface area contributed by atoms with E-state index in [4.69, 9.17) is 11.6 Å². The second kappa shape index (κ2) is 6.35. The Kier molecular flexibility index (Phi) is 4.92. The first-order valence-electron chi connectivity index (χ1n) is 7.11. The van der Waals surface area contributed by atoms with Gasteiger partial charge in [0.2, 0.25) is 10.0 Å². The van der Waals surface area contributed by atoms with Crippen LogP contribution in [-0.2, 0) is 10.0 Å². The molecule has 1 fully saturated rings. The zero-order chi connectivity index (χ0) is 15.5. The third-order valence-corrected chi connectivity index (χ3v) is 6.01. The Hall–Kier alpha value is -1.09. The zero-order valence-electron chi connectivity index (χ0n) is 12.0. The molecule has 1 aliphatic rings. The predicted molar refractivity (Wildman–Crippen MR) is 82.4 cm³/mol. The van der Waals surface area contributed by atoms with Crippen LogP contribution in [-0.4, -0.2) is 14.0 Å². The first-order valence-corrected chi connectivity index (χ1v) is 8.98. The first kappa shape index (κ1) is 16.3. The van der Waals surface area contributed by atoms with Crippen LogP contribution in [0, 0.1) is 17.2 Å². The van der Waals surface area contributed by atoms with Gasteiger partial charge in [-0.1, -0.05) is 24.9 Å². The molecule has 0 aliphatic heterocycles. The van der Waals surface area contributed by atoms with E-state index < -0.39 is 15.6 Å². The average Bonchev–Trinajstić information content (AvgIpc) is 2.48. The molecule has 0 heterocycles. The number of nitriles is 1. The molecule has 1 aliphatic carbocycles. The Morgan fingerprint density at radius 3 is 2.38 bits per heavy atom. The molecule has 4 nitrogen and oxygen atoms in total. The lowest BCUT2D eigenvalue weighted by atomic mass is 9.77. The largest absolute Gasteiger partial charge is 0.241 e. The lowest BCUT2D eigenvalue weighted by molar-refractivity contribution is 0.259. The SMILES string of the molecule is CCC1CCC(C#N)(NS(=O)(=O)c2ccc(Cl)cc2)CC1. The number of sulfonamides is 1. The molecule has 0 unspecified atom stereocenters. The molecule has 0 atom stereocenters. The first-order chi connectivity index (χ1) is 9.91. The normalized spacial score (nSPS) is 26.2. The number of halogens is 1. The van der Waals surface area contributed by atoms with Crippen molar-refractivity contribution in [3.63, 3.8) is 0 Å². The van der Waals surface area contributed by atoms with E-state index in [0.29, 0.717) is 23.8 Å². The van der Waals surface area contributed by atoms with Gasteiger partial charge in [0.25, 0.3) is 0 Å². The van der Waals surface area contributed by atoms with Gasteiger partial charge >= 0.3 is 0 Å². The standard InChI is InChI=1S/C15H19ClN2O2S/c1-2-12-7-9-15(11-17,10-8-12)18-21(19,20)14-5-3-13(16)4-6-14/h3-6,12,18H,2,7-10H2,1H3. The van der Waals surface area contributed by atoms with Crippen molar-refractivity contribution in [2.24, 2.45) is 5.92 Å². The lowest BCUT2D eigenvalue weighted by Crippen LogP contribution is -2.49. The van der Waals surface area contributed by atoms with Crippen LogP contribution in [0.4, 0.5) is 0 Å². The molecule has 2 rings (SSSR count). The summed E-state index contributed by atoms with van der Waals surface area (Å²) < 4.78 is 27.4. The lowest BCUT2D eigenvalue weighted by Gasteiger charge is -2.34. The maximum absolute atomic E-state index is 12.4. The summed E-state index contributed by atoms with van der Waals surface area (Å²) in [6.45, 7) is 2.13. The van der Waals surface area contributed by atoms with Crippen LogP contribution >= 0.6 is 11.6 Å². The van der Waals surface area contributed by atoms with Crippen molar-refractivity contribution in [2.75, 3.05) is 0 Å². The van der Waals surface area contributed by atoms with Gasteiger partial charge in [-0.15, -0.1) is 0 Å². The fraction of sp³-hybridized carbons (Fsp3) is 0.533. The van der Waals surface area contributed by atoms with Gasteiger partial charge in [0.15, 0.2) is 0 Å². The average molecular weight is 327 g/mol. The fourth-order valence-corrected chi connectivity index (χ4v) is 4.25. The monoisotopic (exact) mass is 326 g/mol. The number of hydrogen-bond donors (Lipinski definition) is 1. The summed E-state index contributed by atoms with van der Waals surface area (Å²) >= 11 is 5.77. The minimum absolute atomic E-state index is 0.138. The van der Waals surface area contributed by atoms with Crippen molar-refractivity contribution < 1.29 is 8.42 Å². The second-order valence-electron chi connectivity index (χ2n) is 5.60. The molecule has 1 N–H and O–H groups in total. The zero-order valence-corrected chi connectivity index (χ0v) is 13.5. The maximum atomic E-state index is 12.4. The Balaban J connectivity index is 2.18. The van der Waals surface area contributed by atoms with Crippen LogP contribution in [0.1, 0.15) is 39.0 Å². The van der Waals surface area contributed by atoms with Gasteiger partial charge in [0.05, 0.1) is 11.0 Å². The quantitative estimate of drug-likeness (QED) is 0.920. The van der Waals surface area contributed by atoms with Crippen molar-refractivity contribution in [2.45, 2.75) is 49.5 Å². The summed E-state index contributed by atoms with van der Waals surface area (Å²) in [5.74, 6) is 0.589.